The van der Waals surface area contributed by atoms with Gasteiger partial charge in [0.25, 0.3) is 0 Å². The molecule has 0 aliphatic carbocycles. The van der Waals surface area contributed by atoms with Crippen molar-refractivity contribution in [1.29, 1.82) is 0 Å². The first-order valence-corrected chi connectivity index (χ1v) is 7.22. The number of nitrogens with one attached hydrogen (secondary N) is 2. The third-order valence-electron chi connectivity index (χ3n) is 2.72. The van der Waals surface area contributed by atoms with Gasteiger partial charge in [-0.1, -0.05) is 0 Å². The van der Waals surface area contributed by atoms with Gasteiger partial charge in [0.15, 0.2) is 0 Å². The standard InChI is InChI=1S/C10H16ClN5S/c1-12-9-14-8(11)15-10(16-9)13-6-7-2-4-17-5-3-7/h7H,2-6H2,1H3,(H2,12,13,14,15,16). The van der Waals surface area contributed by atoms with Crippen LogP contribution in [0.3, 0.4) is 0 Å². The molecular weight excluding hydrogens is 258 g/mol. The highest BCUT2D eigenvalue weighted by Crippen LogP contribution is 2.22. The highest BCUT2D eigenvalue weighted by atomic mass is 35.5. The van der Waals surface area contributed by atoms with Crippen LogP contribution >= 0.6 is 23.4 Å². The van der Waals surface area contributed by atoms with Crippen molar-refractivity contribution >= 4 is 35.3 Å². The van der Waals surface area contributed by atoms with Crippen molar-refractivity contribution in [2.75, 3.05) is 35.7 Å². The molecule has 0 radical (unpaired) electrons. The van der Waals surface area contributed by atoms with Crippen molar-refractivity contribution < 1.29 is 0 Å². The molecule has 2 rings (SSSR count). The lowest BCUT2D eigenvalue weighted by molar-refractivity contribution is 0.514. The van der Waals surface area contributed by atoms with Crippen LogP contribution in [0.25, 0.3) is 0 Å². The van der Waals surface area contributed by atoms with Gasteiger partial charge < -0.3 is 10.6 Å². The molecule has 1 aromatic rings. The fraction of sp³-hybridized carbons (Fsp3) is 0.700. The topological polar surface area (TPSA) is 62.7 Å². The molecule has 5 nitrogen and oxygen atoms in total. The number of thioether (sulfide) groups is 1. The van der Waals surface area contributed by atoms with Crippen LogP contribution in [0.5, 0.6) is 0 Å². The first-order chi connectivity index (χ1) is 8.28. The maximum absolute atomic E-state index is 5.80. The molecule has 7 heteroatoms. The lowest BCUT2D eigenvalue weighted by Crippen LogP contribution is -2.20. The third kappa shape index (κ3) is 3.89. The lowest BCUT2D eigenvalue weighted by Gasteiger charge is -2.21. The van der Waals surface area contributed by atoms with Crippen LogP contribution in [0, 0.1) is 5.92 Å². The number of halogens is 1. The number of hydrogen-bond acceptors (Lipinski definition) is 6. The summed E-state index contributed by atoms with van der Waals surface area (Å²) in [6.45, 7) is 0.907. The molecule has 2 N–H and O–H groups in total. The molecule has 1 saturated heterocycles. The molecule has 94 valence electrons. The first-order valence-electron chi connectivity index (χ1n) is 5.69. The summed E-state index contributed by atoms with van der Waals surface area (Å²) < 4.78 is 0. The Morgan fingerprint density at radius 2 is 1.94 bits per heavy atom. The van der Waals surface area contributed by atoms with Crippen LogP contribution in [0.4, 0.5) is 11.9 Å². The van der Waals surface area contributed by atoms with Gasteiger partial charge in [-0.05, 0) is 41.9 Å². The Hall–Kier alpha value is -0.750. The Morgan fingerprint density at radius 1 is 1.24 bits per heavy atom. The summed E-state index contributed by atoms with van der Waals surface area (Å²) in [4.78, 5) is 12.2. The zero-order valence-electron chi connectivity index (χ0n) is 9.74. The highest BCUT2D eigenvalue weighted by Gasteiger charge is 2.14. The summed E-state index contributed by atoms with van der Waals surface area (Å²) in [5.41, 5.74) is 0. The van der Waals surface area contributed by atoms with E-state index < -0.39 is 0 Å². The van der Waals surface area contributed by atoms with E-state index in [9.17, 15) is 0 Å². The van der Waals surface area contributed by atoms with Gasteiger partial charge in [-0.2, -0.15) is 26.7 Å². The molecule has 0 amide bonds. The van der Waals surface area contributed by atoms with Crippen molar-refractivity contribution in [3.05, 3.63) is 5.28 Å². The van der Waals surface area contributed by atoms with Crippen molar-refractivity contribution in [3.8, 4) is 0 Å². The second-order valence-electron chi connectivity index (χ2n) is 3.94. The van der Waals surface area contributed by atoms with Crippen LogP contribution in [-0.2, 0) is 0 Å². The zero-order chi connectivity index (χ0) is 12.1. The summed E-state index contributed by atoms with van der Waals surface area (Å²) in [6, 6.07) is 0. The number of nitrogens with zero attached hydrogens (tertiary/aromatic N) is 3. The molecule has 0 atom stereocenters. The predicted molar refractivity (Wildman–Crippen MR) is 72.9 cm³/mol. The maximum Gasteiger partial charge on any atom is 0.228 e. The van der Waals surface area contributed by atoms with Crippen molar-refractivity contribution in [2.24, 2.45) is 5.92 Å². The molecule has 0 saturated carbocycles. The minimum absolute atomic E-state index is 0.214. The van der Waals surface area contributed by atoms with Gasteiger partial charge in [0.2, 0.25) is 17.2 Å². The Morgan fingerprint density at radius 3 is 2.65 bits per heavy atom. The monoisotopic (exact) mass is 273 g/mol. The van der Waals surface area contributed by atoms with E-state index in [1.165, 1.54) is 24.3 Å². The van der Waals surface area contributed by atoms with Gasteiger partial charge in [0.05, 0.1) is 0 Å². The van der Waals surface area contributed by atoms with E-state index in [2.05, 4.69) is 25.6 Å². The largest absolute Gasteiger partial charge is 0.357 e. The average Bonchev–Trinajstić information content (AvgIpc) is 2.37. The number of hydrogen-bond donors (Lipinski definition) is 2. The summed E-state index contributed by atoms with van der Waals surface area (Å²) in [6.07, 6.45) is 2.52. The van der Waals surface area contributed by atoms with Crippen LogP contribution in [-0.4, -0.2) is 40.1 Å². The Labute approximate surface area is 110 Å². The van der Waals surface area contributed by atoms with Gasteiger partial charge in [0, 0.05) is 13.6 Å². The van der Waals surface area contributed by atoms with E-state index >= 15 is 0 Å². The van der Waals surface area contributed by atoms with Crippen LogP contribution < -0.4 is 10.6 Å². The molecule has 2 heterocycles. The average molecular weight is 274 g/mol. The van der Waals surface area contributed by atoms with E-state index in [1.54, 1.807) is 7.05 Å². The second kappa shape index (κ2) is 6.26. The minimum Gasteiger partial charge on any atom is -0.357 e. The molecule has 17 heavy (non-hydrogen) atoms. The summed E-state index contributed by atoms with van der Waals surface area (Å²) in [5, 5.41) is 6.30. The van der Waals surface area contributed by atoms with E-state index in [1.807, 2.05) is 11.8 Å². The van der Waals surface area contributed by atoms with Crippen LogP contribution in [0.2, 0.25) is 5.28 Å². The van der Waals surface area contributed by atoms with Gasteiger partial charge in [-0.15, -0.1) is 0 Å². The molecule has 0 unspecified atom stereocenters. The van der Waals surface area contributed by atoms with E-state index in [-0.39, 0.29) is 5.28 Å². The van der Waals surface area contributed by atoms with Crippen LogP contribution in [0.15, 0.2) is 0 Å². The summed E-state index contributed by atoms with van der Waals surface area (Å²) in [5.74, 6) is 4.27. The first kappa shape index (κ1) is 12.7. The molecule has 1 aliphatic heterocycles. The minimum atomic E-state index is 0.214. The van der Waals surface area contributed by atoms with Gasteiger partial charge in [-0.25, -0.2) is 0 Å². The molecule has 1 aromatic heterocycles. The molecule has 0 spiro atoms. The van der Waals surface area contributed by atoms with E-state index in [0.717, 1.165) is 6.54 Å². The molecule has 1 aliphatic rings. The van der Waals surface area contributed by atoms with Crippen LogP contribution in [0.1, 0.15) is 12.8 Å². The fourth-order valence-electron chi connectivity index (χ4n) is 1.73. The second-order valence-corrected chi connectivity index (χ2v) is 5.50. The van der Waals surface area contributed by atoms with E-state index in [0.29, 0.717) is 17.8 Å². The van der Waals surface area contributed by atoms with Crippen molar-refractivity contribution in [1.82, 2.24) is 15.0 Å². The lowest BCUT2D eigenvalue weighted by atomic mass is 10.0. The highest BCUT2D eigenvalue weighted by molar-refractivity contribution is 7.99. The quantitative estimate of drug-likeness (QED) is 0.876. The number of rotatable bonds is 4. The Bertz CT molecular complexity index is 370. The fourth-order valence-corrected chi connectivity index (χ4v) is 3.09. The number of aromatic nitrogens is 3. The molecule has 0 bridgehead atoms. The summed E-state index contributed by atoms with van der Waals surface area (Å²) >= 11 is 7.83. The molecular formula is C10H16ClN5S. The summed E-state index contributed by atoms with van der Waals surface area (Å²) in [7, 11) is 1.76. The molecule has 1 fully saturated rings. The smallest absolute Gasteiger partial charge is 0.228 e. The van der Waals surface area contributed by atoms with Gasteiger partial charge in [0.1, 0.15) is 0 Å². The third-order valence-corrected chi connectivity index (χ3v) is 3.94. The zero-order valence-corrected chi connectivity index (χ0v) is 11.3. The van der Waals surface area contributed by atoms with E-state index in [4.69, 9.17) is 11.6 Å². The maximum atomic E-state index is 5.80. The molecule has 0 aromatic carbocycles. The normalized spacial score (nSPS) is 16.8. The predicted octanol–water partition coefficient (Wildman–Crippen LogP) is 2.12. The van der Waals surface area contributed by atoms with Gasteiger partial charge >= 0.3 is 0 Å². The SMILES string of the molecule is CNc1nc(Cl)nc(NCC2CCSCC2)n1. The van der Waals surface area contributed by atoms with Gasteiger partial charge in [-0.3, -0.25) is 0 Å². The number of anilines is 2. The van der Waals surface area contributed by atoms with Crippen molar-refractivity contribution in [2.45, 2.75) is 12.8 Å². The van der Waals surface area contributed by atoms with Crippen molar-refractivity contribution in [3.63, 3.8) is 0 Å². The Balaban J connectivity index is 1.91. The Kier molecular flexibility index (Phi) is 4.67.